The average molecular weight is 374 g/mol. The SMILES string of the molecule is Cc1nc(-c2ccncc2)[nH]c(=O)c1CCC(=O)N1c2ccccc2CC1C. The molecule has 3 heterocycles. The average Bonchev–Trinajstić information content (AvgIpc) is 3.03. The van der Waals surface area contributed by atoms with Gasteiger partial charge in [-0.25, -0.2) is 4.98 Å². The van der Waals surface area contributed by atoms with Gasteiger partial charge in [-0.1, -0.05) is 18.2 Å². The fourth-order valence-electron chi connectivity index (χ4n) is 3.85. The molecule has 28 heavy (non-hydrogen) atoms. The number of aryl methyl sites for hydroxylation is 1. The third-order valence-corrected chi connectivity index (χ3v) is 5.24. The molecule has 1 atom stereocenters. The summed E-state index contributed by atoms with van der Waals surface area (Å²) in [4.78, 5) is 38.7. The highest BCUT2D eigenvalue weighted by Gasteiger charge is 2.30. The van der Waals surface area contributed by atoms with Gasteiger partial charge in [0.1, 0.15) is 5.82 Å². The van der Waals surface area contributed by atoms with E-state index in [1.807, 2.05) is 30.0 Å². The summed E-state index contributed by atoms with van der Waals surface area (Å²) in [5.74, 6) is 0.552. The number of rotatable bonds is 4. The maximum atomic E-state index is 12.9. The van der Waals surface area contributed by atoms with Gasteiger partial charge in [0.2, 0.25) is 5.91 Å². The zero-order chi connectivity index (χ0) is 19.7. The number of aromatic nitrogens is 3. The lowest BCUT2D eigenvalue weighted by Gasteiger charge is -2.22. The highest BCUT2D eigenvalue weighted by atomic mass is 16.2. The molecule has 1 unspecified atom stereocenters. The van der Waals surface area contributed by atoms with Gasteiger partial charge in [0.15, 0.2) is 0 Å². The quantitative estimate of drug-likeness (QED) is 0.761. The summed E-state index contributed by atoms with van der Waals surface area (Å²) in [6.07, 6.45) is 4.83. The van der Waals surface area contributed by atoms with Crippen molar-refractivity contribution in [1.29, 1.82) is 0 Å². The van der Waals surface area contributed by atoms with E-state index in [1.54, 1.807) is 24.5 Å². The normalized spacial score (nSPS) is 15.5. The molecule has 0 saturated heterocycles. The molecule has 6 heteroatoms. The Bertz CT molecular complexity index is 1080. The van der Waals surface area contributed by atoms with Crippen LogP contribution in [0, 0.1) is 6.92 Å². The second-order valence-corrected chi connectivity index (χ2v) is 7.16. The van der Waals surface area contributed by atoms with Crippen LogP contribution in [-0.2, 0) is 17.6 Å². The van der Waals surface area contributed by atoms with E-state index >= 15 is 0 Å². The van der Waals surface area contributed by atoms with Crippen molar-refractivity contribution >= 4 is 11.6 Å². The molecule has 1 aliphatic heterocycles. The van der Waals surface area contributed by atoms with Gasteiger partial charge in [-0.3, -0.25) is 14.6 Å². The van der Waals surface area contributed by atoms with Crippen molar-refractivity contribution in [3.8, 4) is 11.4 Å². The van der Waals surface area contributed by atoms with Crippen LogP contribution in [-0.4, -0.2) is 26.9 Å². The number of nitrogens with zero attached hydrogens (tertiary/aromatic N) is 3. The van der Waals surface area contributed by atoms with Crippen LogP contribution in [0.2, 0.25) is 0 Å². The topological polar surface area (TPSA) is 79.0 Å². The first kappa shape index (κ1) is 18.1. The number of hydrogen-bond acceptors (Lipinski definition) is 4. The molecule has 2 aromatic heterocycles. The molecule has 1 N–H and O–H groups in total. The van der Waals surface area contributed by atoms with Crippen LogP contribution in [0.15, 0.2) is 53.6 Å². The zero-order valence-electron chi connectivity index (χ0n) is 16.0. The van der Waals surface area contributed by atoms with Crippen molar-refractivity contribution in [2.45, 2.75) is 39.2 Å². The Morgan fingerprint density at radius 1 is 1.21 bits per heavy atom. The Morgan fingerprint density at radius 3 is 2.71 bits per heavy atom. The van der Waals surface area contributed by atoms with E-state index in [0.29, 0.717) is 23.5 Å². The van der Waals surface area contributed by atoms with Gasteiger partial charge < -0.3 is 9.88 Å². The summed E-state index contributed by atoms with van der Waals surface area (Å²) in [5.41, 5.74) is 4.00. The van der Waals surface area contributed by atoms with Gasteiger partial charge in [-0.05, 0) is 50.5 Å². The largest absolute Gasteiger partial charge is 0.309 e. The second kappa shape index (κ2) is 7.38. The number of para-hydroxylation sites is 1. The lowest BCUT2D eigenvalue weighted by Crippen LogP contribution is -2.36. The maximum absolute atomic E-state index is 12.9. The number of hydrogen-bond donors (Lipinski definition) is 1. The molecule has 0 fully saturated rings. The Labute approximate surface area is 163 Å². The van der Waals surface area contributed by atoms with Gasteiger partial charge in [0, 0.05) is 47.4 Å². The van der Waals surface area contributed by atoms with Crippen molar-refractivity contribution in [1.82, 2.24) is 15.0 Å². The molecule has 1 aromatic carbocycles. The first-order valence-corrected chi connectivity index (χ1v) is 9.44. The molecular formula is C22H22N4O2. The summed E-state index contributed by atoms with van der Waals surface area (Å²) >= 11 is 0. The Kier molecular flexibility index (Phi) is 4.77. The molecule has 6 nitrogen and oxygen atoms in total. The number of amides is 1. The number of anilines is 1. The molecule has 4 rings (SSSR count). The molecule has 142 valence electrons. The number of benzene rings is 1. The van der Waals surface area contributed by atoms with Gasteiger partial charge in [-0.15, -0.1) is 0 Å². The van der Waals surface area contributed by atoms with E-state index in [4.69, 9.17) is 0 Å². The third-order valence-electron chi connectivity index (χ3n) is 5.24. The first-order chi connectivity index (χ1) is 13.5. The predicted octanol–water partition coefficient (Wildman–Crippen LogP) is 3.05. The van der Waals surface area contributed by atoms with E-state index in [-0.39, 0.29) is 23.9 Å². The van der Waals surface area contributed by atoms with E-state index in [2.05, 4.69) is 27.9 Å². The summed E-state index contributed by atoms with van der Waals surface area (Å²) in [5, 5.41) is 0. The molecule has 1 aliphatic rings. The highest BCUT2D eigenvalue weighted by molar-refractivity contribution is 5.96. The van der Waals surface area contributed by atoms with Crippen LogP contribution in [0.3, 0.4) is 0 Å². The number of fused-ring (bicyclic) bond motifs is 1. The highest BCUT2D eigenvalue weighted by Crippen LogP contribution is 2.32. The van der Waals surface area contributed by atoms with Crippen LogP contribution < -0.4 is 10.5 Å². The van der Waals surface area contributed by atoms with Gasteiger partial charge in [0.05, 0.1) is 0 Å². The van der Waals surface area contributed by atoms with E-state index in [9.17, 15) is 9.59 Å². The number of carbonyl (C=O) groups excluding carboxylic acids is 1. The summed E-state index contributed by atoms with van der Waals surface area (Å²) in [6, 6.07) is 11.7. The van der Waals surface area contributed by atoms with E-state index < -0.39 is 0 Å². The summed E-state index contributed by atoms with van der Waals surface area (Å²) in [7, 11) is 0. The van der Waals surface area contributed by atoms with Crippen LogP contribution in [0.25, 0.3) is 11.4 Å². The van der Waals surface area contributed by atoms with Crippen molar-refractivity contribution in [3.05, 3.63) is 76.0 Å². The van der Waals surface area contributed by atoms with E-state index in [0.717, 1.165) is 17.7 Å². The Hall–Kier alpha value is -3.28. The standard InChI is InChI=1S/C22H22N4O2/c1-14-13-17-5-3-4-6-19(17)26(14)20(27)8-7-18-15(2)24-21(25-22(18)28)16-9-11-23-12-10-16/h3-6,9-12,14H,7-8,13H2,1-2H3,(H,24,25,28). The Balaban J connectivity index is 1.53. The minimum absolute atomic E-state index is 0.0365. The molecule has 0 spiro atoms. The monoisotopic (exact) mass is 374 g/mol. The summed E-state index contributed by atoms with van der Waals surface area (Å²) < 4.78 is 0. The minimum Gasteiger partial charge on any atom is -0.309 e. The van der Waals surface area contributed by atoms with Crippen molar-refractivity contribution in [2.75, 3.05) is 4.90 Å². The maximum Gasteiger partial charge on any atom is 0.254 e. The molecule has 0 radical (unpaired) electrons. The molecular weight excluding hydrogens is 352 g/mol. The predicted molar refractivity (Wildman–Crippen MR) is 108 cm³/mol. The van der Waals surface area contributed by atoms with Crippen LogP contribution in [0.4, 0.5) is 5.69 Å². The lowest BCUT2D eigenvalue weighted by molar-refractivity contribution is -0.118. The first-order valence-electron chi connectivity index (χ1n) is 9.44. The lowest BCUT2D eigenvalue weighted by atomic mass is 10.1. The molecule has 0 aliphatic carbocycles. The van der Waals surface area contributed by atoms with Gasteiger partial charge in [-0.2, -0.15) is 0 Å². The fraction of sp³-hybridized carbons (Fsp3) is 0.273. The molecule has 0 bridgehead atoms. The Morgan fingerprint density at radius 2 is 1.96 bits per heavy atom. The number of nitrogens with one attached hydrogen (secondary N) is 1. The van der Waals surface area contributed by atoms with Crippen LogP contribution in [0.1, 0.15) is 30.2 Å². The number of carbonyl (C=O) groups is 1. The molecule has 0 saturated carbocycles. The smallest absolute Gasteiger partial charge is 0.254 e. The van der Waals surface area contributed by atoms with Gasteiger partial charge >= 0.3 is 0 Å². The summed E-state index contributed by atoms with van der Waals surface area (Å²) in [6.45, 7) is 3.87. The van der Waals surface area contributed by atoms with Crippen molar-refractivity contribution < 1.29 is 4.79 Å². The molecule has 1 amide bonds. The minimum atomic E-state index is -0.193. The zero-order valence-corrected chi connectivity index (χ0v) is 16.0. The van der Waals surface area contributed by atoms with Crippen molar-refractivity contribution in [3.63, 3.8) is 0 Å². The number of pyridine rings is 1. The third kappa shape index (κ3) is 3.33. The van der Waals surface area contributed by atoms with Crippen LogP contribution in [0.5, 0.6) is 0 Å². The van der Waals surface area contributed by atoms with Crippen LogP contribution >= 0.6 is 0 Å². The van der Waals surface area contributed by atoms with Crippen molar-refractivity contribution in [2.24, 2.45) is 0 Å². The molecule has 3 aromatic rings. The second-order valence-electron chi connectivity index (χ2n) is 7.16. The fourth-order valence-corrected chi connectivity index (χ4v) is 3.85. The van der Waals surface area contributed by atoms with Gasteiger partial charge in [0.25, 0.3) is 5.56 Å². The number of H-pyrrole nitrogens is 1. The van der Waals surface area contributed by atoms with E-state index in [1.165, 1.54) is 5.56 Å². The number of aromatic amines is 1.